The number of aryl methyl sites for hydroxylation is 1. The molecule has 0 spiro atoms. The number of alkyl halides is 3. The van der Waals surface area contributed by atoms with E-state index in [0.717, 1.165) is 98.6 Å². The molecule has 6 rings (SSSR count). The summed E-state index contributed by atoms with van der Waals surface area (Å²) < 4.78 is 57.5. The molecule has 2 aliphatic rings. The first-order valence-corrected chi connectivity index (χ1v) is 16.6. The van der Waals surface area contributed by atoms with Gasteiger partial charge in [-0.2, -0.15) is 13.2 Å². The minimum Gasteiger partial charge on any atom is -0.490 e. The molecule has 10 nitrogen and oxygen atoms in total. The number of fused-ring (bicyclic) bond motifs is 1. The van der Waals surface area contributed by atoms with Gasteiger partial charge < -0.3 is 24.8 Å². The highest BCUT2D eigenvalue weighted by molar-refractivity contribution is 6.06. The van der Waals surface area contributed by atoms with Crippen LogP contribution in [-0.4, -0.2) is 105 Å². The SMILES string of the molecule is Cc1ccc(C(=O)Nc2cc(C(F)(F)F)ccc2OCCN2CCOCC2)cc1-c1ccc2nc(NCCCN3CCOCC3)ncc2c1. The summed E-state index contributed by atoms with van der Waals surface area (Å²) in [5, 5.41) is 6.82. The monoisotopic (exact) mass is 678 g/mol. The number of anilines is 2. The van der Waals surface area contributed by atoms with Gasteiger partial charge >= 0.3 is 6.18 Å². The van der Waals surface area contributed by atoms with Crippen molar-refractivity contribution >= 4 is 28.4 Å². The average molecular weight is 679 g/mol. The van der Waals surface area contributed by atoms with Crippen LogP contribution in [0.25, 0.3) is 22.0 Å². The van der Waals surface area contributed by atoms with Crippen LogP contribution in [-0.2, 0) is 15.7 Å². The van der Waals surface area contributed by atoms with Crippen molar-refractivity contribution in [2.24, 2.45) is 0 Å². The van der Waals surface area contributed by atoms with Gasteiger partial charge in [0.1, 0.15) is 12.4 Å². The number of ether oxygens (including phenoxy) is 3. The Morgan fingerprint density at radius 2 is 1.65 bits per heavy atom. The molecule has 13 heteroatoms. The molecule has 3 heterocycles. The van der Waals surface area contributed by atoms with Crippen LogP contribution in [0.3, 0.4) is 0 Å². The third kappa shape index (κ3) is 9.24. The van der Waals surface area contributed by atoms with E-state index < -0.39 is 17.6 Å². The highest BCUT2D eigenvalue weighted by atomic mass is 19.4. The zero-order valence-electron chi connectivity index (χ0n) is 27.5. The Bertz CT molecular complexity index is 1740. The molecule has 2 fully saturated rings. The van der Waals surface area contributed by atoms with Gasteiger partial charge in [0.25, 0.3) is 5.91 Å². The molecule has 0 unspecified atom stereocenters. The highest BCUT2D eigenvalue weighted by Crippen LogP contribution is 2.36. The lowest BCUT2D eigenvalue weighted by molar-refractivity contribution is -0.137. The average Bonchev–Trinajstić information content (AvgIpc) is 3.11. The number of aromatic nitrogens is 2. The van der Waals surface area contributed by atoms with Gasteiger partial charge in [0.2, 0.25) is 5.95 Å². The van der Waals surface area contributed by atoms with Crippen molar-refractivity contribution in [2.45, 2.75) is 19.5 Å². The molecule has 2 aliphatic heterocycles. The Kier molecular flexibility index (Phi) is 11.2. The van der Waals surface area contributed by atoms with E-state index in [4.69, 9.17) is 14.2 Å². The van der Waals surface area contributed by atoms with Crippen LogP contribution >= 0.6 is 0 Å². The fourth-order valence-corrected chi connectivity index (χ4v) is 5.92. The quantitative estimate of drug-likeness (QED) is 0.182. The summed E-state index contributed by atoms with van der Waals surface area (Å²) in [6.07, 6.45) is -1.83. The Morgan fingerprint density at radius 3 is 2.39 bits per heavy atom. The maximum absolute atomic E-state index is 13.6. The first kappa shape index (κ1) is 34.6. The molecule has 49 heavy (non-hydrogen) atoms. The molecule has 260 valence electrons. The predicted molar refractivity (Wildman–Crippen MR) is 182 cm³/mol. The number of carbonyl (C=O) groups excluding carboxylic acids is 1. The number of nitrogens with zero attached hydrogens (tertiary/aromatic N) is 4. The summed E-state index contributed by atoms with van der Waals surface area (Å²) in [5.41, 5.74) is 2.76. The smallest absolute Gasteiger partial charge is 0.416 e. The number of amides is 1. The third-order valence-corrected chi connectivity index (χ3v) is 8.75. The van der Waals surface area contributed by atoms with Crippen molar-refractivity contribution in [3.63, 3.8) is 0 Å². The Labute approximate surface area is 283 Å². The van der Waals surface area contributed by atoms with Crippen molar-refractivity contribution in [3.8, 4) is 16.9 Å². The van der Waals surface area contributed by atoms with Crippen LogP contribution < -0.4 is 15.4 Å². The van der Waals surface area contributed by atoms with E-state index in [2.05, 4.69) is 30.4 Å². The molecule has 0 radical (unpaired) electrons. The van der Waals surface area contributed by atoms with Crippen LogP contribution in [0.2, 0.25) is 0 Å². The summed E-state index contributed by atoms with van der Waals surface area (Å²) in [7, 11) is 0. The number of morpholine rings is 2. The molecule has 2 saturated heterocycles. The zero-order valence-corrected chi connectivity index (χ0v) is 27.5. The molecule has 1 amide bonds. The number of benzene rings is 3. The Hall–Kier alpha value is -4.30. The maximum Gasteiger partial charge on any atom is 0.416 e. The molecule has 4 aromatic rings. The van der Waals surface area contributed by atoms with Gasteiger partial charge in [0.05, 0.1) is 43.2 Å². The van der Waals surface area contributed by atoms with Gasteiger partial charge in [0.15, 0.2) is 0 Å². The lowest BCUT2D eigenvalue weighted by Crippen LogP contribution is -2.38. The topological polar surface area (TPSA) is 101 Å². The zero-order chi connectivity index (χ0) is 34.2. The first-order chi connectivity index (χ1) is 23.7. The number of nitrogens with one attached hydrogen (secondary N) is 2. The van der Waals surface area contributed by atoms with E-state index in [0.29, 0.717) is 31.3 Å². The van der Waals surface area contributed by atoms with Crippen molar-refractivity contribution in [2.75, 3.05) is 89.5 Å². The van der Waals surface area contributed by atoms with Crippen molar-refractivity contribution < 1.29 is 32.2 Å². The number of rotatable bonds is 12. The van der Waals surface area contributed by atoms with E-state index >= 15 is 0 Å². The summed E-state index contributed by atoms with van der Waals surface area (Å²) >= 11 is 0. The second-order valence-corrected chi connectivity index (χ2v) is 12.2. The van der Waals surface area contributed by atoms with Gasteiger partial charge in [-0.1, -0.05) is 12.1 Å². The van der Waals surface area contributed by atoms with Crippen LogP contribution in [0.15, 0.2) is 60.8 Å². The lowest BCUT2D eigenvalue weighted by atomic mass is 9.97. The third-order valence-electron chi connectivity index (χ3n) is 8.75. The highest BCUT2D eigenvalue weighted by Gasteiger charge is 2.31. The molecule has 2 N–H and O–H groups in total. The number of hydrogen-bond acceptors (Lipinski definition) is 9. The summed E-state index contributed by atoms with van der Waals surface area (Å²) in [4.78, 5) is 27.2. The van der Waals surface area contributed by atoms with E-state index in [1.807, 2.05) is 31.2 Å². The molecule has 0 atom stereocenters. The Morgan fingerprint density at radius 1 is 0.918 bits per heavy atom. The van der Waals surface area contributed by atoms with Crippen LogP contribution in [0.5, 0.6) is 5.75 Å². The van der Waals surface area contributed by atoms with Gasteiger partial charge in [-0.15, -0.1) is 0 Å². The molecule has 0 aliphatic carbocycles. The van der Waals surface area contributed by atoms with Crippen LogP contribution in [0.4, 0.5) is 24.8 Å². The fraction of sp³-hybridized carbons (Fsp3) is 0.417. The van der Waals surface area contributed by atoms with Gasteiger partial charge in [-0.25, -0.2) is 9.97 Å². The van der Waals surface area contributed by atoms with Crippen molar-refractivity contribution in [1.29, 1.82) is 0 Å². The van der Waals surface area contributed by atoms with Gasteiger partial charge in [-0.3, -0.25) is 14.6 Å². The molecule has 0 bridgehead atoms. The van der Waals surface area contributed by atoms with Crippen LogP contribution in [0, 0.1) is 6.92 Å². The summed E-state index contributed by atoms with van der Waals surface area (Å²) in [5.74, 6) is 0.186. The fourth-order valence-electron chi connectivity index (χ4n) is 5.92. The maximum atomic E-state index is 13.6. The van der Waals surface area contributed by atoms with E-state index in [1.165, 1.54) is 6.07 Å². The Balaban J connectivity index is 1.14. The number of halogens is 3. The largest absolute Gasteiger partial charge is 0.490 e. The number of carbonyl (C=O) groups is 1. The second kappa shape index (κ2) is 15.9. The van der Waals surface area contributed by atoms with Gasteiger partial charge in [-0.05, 0) is 79.0 Å². The van der Waals surface area contributed by atoms with Gasteiger partial charge in [0, 0.05) is 56.4 Å². The van der Waals surface area contributed by atoms with E-state index in [9.17, 15) is 18.0 Å². The first-order valence-electron chi connectivity index (χ1n) is 16.6. The molecular formula is C36H41F3N6O4. The minimum absolute atomic E-state index is 0.0442. The van der Waals surface area contributed by atoms with E-state index in [1.54, 1.807) is 18.3 Å². The van der Waals surface area contributed by atoms with Crippen LogP contribution in [0.1, 0.15) is 27.9 Å². The molecule has 3 aromatic carbocycles. The number of hydrogen-bond donors (Lipinski definition) is 2. The van der Waals surface area contributed by atoms with Crippen molar-refractivity contribution in [3.05, 3.63) is 77.5 Å². The molecule has 0 saturated carbocycles. The summed E-state index contributed by atoms with van der Waals surface area (Å²) in [6.45, 7) is 10.8. The molecule has 1 aromatic heterocycles. The normalized spacial score (nSPS) is 16.1. The second-order valence-electron chi connectivity index (χ2n) is 12.2. The predicted octanol–water partition coefficient (Wildman–Crippen LogP) is 5.72. The standard InChI is InChI=1S/C36H41F3N6O4/c1-25-3-4-27(34(46)42-32-23-29(36(37,38)39)6-8-33(32)49-20-15-45-13-18-48-19-14-45)22-30(25)26-5-7-31-28(21-26)24-41-35(43-31)40-9-2-10-44-11-16-47-17-12-44/h3-8,21-24H,2,9-20H2,1H3,(H,42,46)(H,40,41,43). The van der Waals surface area contributed by atoms with Crippen molar-refractivity contribution in [1.82, 2.24) is 19.8 Å². The summed E-state index contributed by atoms with van der Waals surface area (Å²) in [6, 6.07) is 14.2. The lowest BCUT2D eigenvalue weighted by Gasteiger charge is -2.26. The van der Waals surface area contributed by atoms with E-state index in [-0.39, 0.29) is 18.0 Å². The molecular weight excluding hydrogens is 637 g/mol. The minimum atomic E-state index is -4.58.